The topological polar surface area (TPSA) is 146 Å². The van der Waals surface area contributed by atoms with Crippen LogP contribution in [0.15, 0.2) is 118 Å². The fourth-order valence-corrected chi connectivity index (χ4v) is 4.96. The maximum absolute atomic E-state index is 14.6. The highest BCUT2D eigenvalue weighted by Gasteiger charge is 2.18. The first-order chi connectivity index (χ1) is 21.7. The van der Waals surface area contributed by atoms with Gasteiger partial charge in [0.1, 0.15) is 5.82 Å². The summed E-state index contributed by atoms with van der Waals surface area (Å²) in [5, 5.41) is 12.1. The Morgan fingerprint density at radius 1 is 0.733 bits per heavy atom. The second-order valence-electron chi connectivity index (χ2n) is 9.68. The monoisotopic (exact) mass is 623 g/mol. The van der Waals surface area contributed by atoms with Gasteiger partial charge in [-0.25, -0.2) is 17.5 Å². The lowest BCUT2D eigenvalue weighted by atomic mass is 10.1. The first kappa shape index (κ1) is 30.9. The Labute approximate surface area is 260 Å². The van der Waals surface area contributed by atoms with Crippen LogP contribution in [0.4, 0.5) is 27.7 Å². The quantitative estimate of drug-likeness (QED) is 0.104. The molecule has 0 fully saturated rings. The number of hydrogen-bond donors (Lipinski definition) is 4. The van der Waals surface area contributed by atoms with E-state index in [2.05, 4.69) is 46.0 Å². The summed E-state index contributed by atoms with van der Waals surface area (Å²) in [5.74, 6) is 0.265. The summed E-state index contributed by atoms with van der Waals surface area (Å²) in [5.41, 5.74) is 10.4. The number of hydrazone groups is 2. The molecule has 0 spiro atoms. The standard InChI is InChI=1S/C32H30FN9O2S/c1-21(23-13-15-26(16-14-23)45(43,44)34-3)39-41-30-29(25-9-5-4-6-10-25)31(42-40-22(2)24-17-19-35-20-18-24)38-32(37-30)36-28-12-8-7-11-27(28)33/h4-20,34H,1-3H3,(H3,36,37,38,41,42)/b39-21+,40-22+. The summed E-state index contributed by atoms with van der Waals surface area (Å²) in [6.45, 7) is 3.63. The van der Waals surface area contributed by atoms with Crippen molar-refractivity contribution in [3.8, 4) is 11.1 Å². The molecule has 5 aromatic rings. The molecule has 4 N–H and O–H groups in total. The molecule has 0 amide bonds. The number of para-hydroxylation sites is 1. The second-order valence-corrected chi connectivity index (χ2v) is 11.6. The van der Waals surface area contributed by atoms with Crippen LogP contribution >= 0.6 is 0 Å². The fraction of sp³-hybridized carbons (Fsp3) is 0.0938. The Morgan fingerprint density at radius 2 is 1.29 bits per heavy atom. The van der Waals surface area contributed by atoms with Gasteiger partial charge in [-0.05, 0) is 68.4 Å². The third-order valence-corrected chi connectivity index (χ3v) is 8.13. The van der Waals surface area contributed by atoms with Crippen molar-refractivity contribution in [2.24, 2.45) is 10.2 Å². The Morgan fingerprint density at radius 3 is 1.87 bits per heavy atom. The van der Waals surface area contributed by atoms with Crippen LogP contribution in [0.25, 0.3) is 11.1 Å². The van der Waals surface area contributed by atoms with Crippen molar-refractivity contribution in [3.63, 3.8) is 0 Å². The molecule has 2 aromatic heterocycles. The zero-order valence-corrected chi connectivity index (χ0v) is 25.5. The Balaban J connectivity index is 1.58. The van der Waals surface area contributed by atoms with Crippen LogP contribution < -0.4 is 20.9 Å². The molecule has 0 aliphatic rings. The number of nitrogens with zero attached hydrogens (tertiary/aromatic N) is 5. The number of anilines is 4. The van der Waals surface area contributed by atoms with E-state index in [1.54, 1.807) is 49.6 Å². The summed E-state index contributed by atoms with van der Waals surface area (Å²) in [4.78, 5) is 13.5. The van der Waals surface area contributed by atoms with E-state index in [0.717, 1.165) is 11.1 Å². The molecule has 0 radical (unpaired) electrons. The van der Waals surface area contributed by atoms with Gasteiger partial charge >= 0.3 is 0 Å². The highest BCUT2D eigenvalue weighted by atomic mass is 32.2. The predicted octanol–water partition coefficient (Wildman–Crippen LogP) is 6.00. The number of sulfonamides is 1. The molecular weight excluding hydrogens is 593 g/mol. The lowest BCUT2D eigenvalue weighted by Gasteiger charge is -2.16. The van der Waals surface area contributed by atoms with Gasteiger partial charge in [0.05, 0.1) is 27.6 Å². The van der Waals surface area contributed by atoms with Crippen molar-refractivity contribution in [2.45, 2.75) is 18.7 Å². The number of halogens is 1. The maximum atomic E-state index is 14.6. The molecule has 0 aliphatic heterocycles. The van der Waals surface area contributed by atoms with E-state index in [1.807, 2.05) is 49.4 Å². The van der Waals surface area contributed by atoms with E-state index in [-0.39, 0.29) is 16.5 Å². The van der Waals surface area contributed by atoms with Crippen LogP contribution in [-0.2, 0) is 10.0 Å². The van der Waals surface area contributed by atoms with Crippen LogP contribution in [-0.4, -0.2) is 41.8 Å². The number of pyridine rings is 1. The smallest absolute Gasteiger partial charge is 0.240 e. The molecule has 3 aromatic carbocycles. The molecule has 11 nitrogen and oxygen atoms in total. The van der Waals surface area contributed by atoms with Crippen LogP contribution in [0.2, 0.25) is 0 Å². The van der Waals surface area contributed by atoms with E-state index in [9.17, 15) is 12.8 Å². The van der Waals surface area contributed by atoms with Gasteiger partial charge in [0.2, 0.25) is 16.0 Å². The molecule has 0 aliphatic carbocycles. The second kappa shape index (κ2) is 13.8. The Bertz CT molecular complexity index is 1950. The van der Waals surface area contributed by atoms with Gasteiger partial charge in [-0.3, -0.25) is 15.8 Å². The first-order valence-corrected chi connectivity index (χ1v) is 15.3. The fourth-order valence-electron chi connectivity index (χ4n) is 4.23. The van der Waals surface area contributed by atoms with Crippen molar-refractivity contribution in [1.82, 2.24) is 19.7 Å². The van der Waals surface area contributed by atoms with Crippen molar-refractivity contribution >= 4 is 44.7 Å². The van der Waals surface area contributed by atoms with Crippen molar-refractivity contribution in [1.29, 1.82) is 0 Å². The molecule has 0 saturated carbocycles. The van der Waals surface area contributed by atoms with Crippen LogP contribution in [0, 0.1) is 5.82 Å². The average molecular weight is 624 g/mol. The third kappa shape index (κ3) is 7.52. The molecule has 0 unspecified atom stereocenters. The molecular formula is C32H30FN9O2S. The lowest BCUT2D eigenvalue weighted by Crippen LogP contribution is -2.18. The van der Waals surface area contributed by atoms with Gasteiger partial charge in [-0.15, -0.1) is 0 Å². The summed E-state index contributed by atoms with van der Waals surface area (Å²) in [7, 11) is -2.22. The number of nitrogens with one attached hydrogen (secondary N) is 4. The number of benzene rings is 3. The molecule has 2 heterocycles. The van der Waals surface area contributed by atoms with Gasteiger partial charge in [0, 0.05) is 18.0 Å². The van der Waals surface area contributed by atoms with Crippen molar-refractivity contribution in [2.75, 3.05) is 23.2 Å². The molecule has 0 bridgehead atoms. The summed E-state index contributed by atoms with van der Waals surface area (Å²) < 4.78 is 41.2. The molecule has 228 valence electrons. The average Bonchev–Trinajstić information content (AvgIpc) is 3.07. The lowest BCUT2D eigenvalue weighted by molar-refractivity contribution is 0.588. The SMILES string of the molecule is CNS(=O)(=O)c1ccc(/C(C)=N/Nc2nc(Nc3ccccc3F)nc(N/N=C(\C)c3ccncc3)c2-c2ccccc2)cc1. The minimum atomic E-state index is -3.58. The zero-order valence-electron chi connectivity index (χ0n) is 24.7. The number of aromatic nitrogens is 3. The van der Waals surface area contributed by atoms with E-state index in [4.69, 9.17) is 0 Å². The minimum absolute atomic E-state index is 0.0935. The molecule has 45 heavy (non-hydrogen) atoms. The van der Waals surface area contributed by atoms with E-state index >= 15 is 0 Å². The van der Waals surface area contributed by atoms with E-state index < -0.39 is 15.8 Å². The summed E-state index contributed by atoms with van der Waals surface area (Å²) in [6, 6.07) is 25.7. The van der Waals surface area contributed by atoms with Crippen molar-refractivity contribution in [3.05, 3.63) is 120 Å². The Kier molecular flexibility index (Phi) is 9.51. The van der Waals surface area contributed by atoms with Crippen LogP contribution in [0.5, 0.6) is 0 Å². The maximum Gasteiger partial charge on any atom is 0.240 e. The van der Waals surface area contributed by atoms with Crippen LogP contribution in [0.3, 0.4) is 0 Å². The summed E-state index contributed by atoms with van der Waals surface area (Å²) >= 11 is 0. The molecule has 0 saturated heterocycles. The predicted molar refractivity (Wildman–Crippen MR) is 176 cm³/mol. The van der Waals surface area contributed by atoms with E-state index in [0.29, 0.717) is 34.2 Å². The Hall–Kier alpha value is -5.53. The summed E-state index contributed by atoms with van der Waals surface area (Å²) in [6.07, 6.45) is 3.36. The zero-order chi connectivity index (χ0) is 31.8. The number of hydrogen-bond acceptors (Lipinski definition) is 10. The van der Waals surface area contributed by atoms with Gasteiger partial charge in [-0.2, -0.15) is 20.2 Å². The van der Waals surface area contributed by atoms with E-state index in [1.165, 1.54) is 25.2 Å². The normalized spacial score (nSPS) is 12.1. The van der Waals surface area contributed by atoms with Crippen LogP contribution in [0.1, 0.15) is 25.0 Å². The third-order valence-electron chi connectivity index (χ3n) is 6.70. The largest absolute Gasteiger partial charge is 0.322 e. The van der Waals surface area contributed by atoms with Gasteiger partial charge < -0.3 is 5.32 Å². The first-order valence-electron chi connectivity index (χ1n) is 13.8. The van der Waals surface area contributed by atoms with Gasteiger partial charge in [-0.1, -0.05) is 54.6 Å². The minimum Gasteiger partial charge on any atom is -0.322 e. The molecule has 13 heteroatoms. The highest BCUT2D eigenvalue weighted by Crippen LogP contribution is 2.35. The highest BCUT2D eigenvalue weighted by molar-refractivity contribution is 7.89. The van der Waals surface area contributed by atoms with Gasteiger partial charge in [0.15, 0.2) is 11.6 Å². The number of rotatable bonds is 11. The molecule has 5 rings (SSSR count). The van der Waals surface area contributed by atoms with Crippen molar-refractivity contribution < 1.29 is 12.8 Å². The van der Waals surface area contributed by atoms with Gasteiger partial charge in [0.25, 0.3) is 0 Å². The molecule has 0 atom stereocenters.